The number of nitrogens with two attached hydrogens (primary N) is 1. The van der Waals surface area contributed by atoms with Gasteiger partial charge in [-0.1, -0.05) is 97.9 Å². The van der Waals surface area contributed by atoms with Gasteiger partial charge >= 0.3 is 0 Å². The normalized spacial score (nSPS) is 12.0. The molecule has 0 saturated carbocycles. The second-order valence-electron chi connectivity index (χ2n) is 6.98. The number of hydrogen-bond donors (Lipinski definition) is 1. The van der Waals surface area contributed by atoms with Gasteiger partial charge in [-0.2, -0.15) is 0 Å². The van der Waals surface area contributed by atoms with Crippen LogP contribution in [0.5, 0.6) is 0 Å². The summed E-state index contributed by atoms with van der Waals surface area (Å²) in [6.45, 7) is 2.21. The minimum atomic E-state index is -0.397. The molecule has 0 radical (unpaired) electrons. The van der Waals surface area contributed by atoms with Crippen LogP contribution in [0.25, 0.3) is 11.1 Å². The molecule has 0 aliphatic heterocycles. The predicted octanol–water partition coefficient (Wildman–Crippen LogP) is 6.03. The number of carbonyl (C=O) groups excluding carboxylic acids is 1. The largest absolute Gasteiger partial charge is 0.366 e. The molecule has 0 saturated heterocycles. The monoisotopic (exact) mass is 381 g/mol. The van der Waals surface area contributed by atoms with Crippen molar-refractivity contribution in [2.75, 3.05) is 0 Å². The molecule has 3 aromatic carbocycles. The molecule has 0 fully saturated rings. The molecule has 0 heterocycles. The highest BCUT2D eigenvalue weighted by Crippen LogP contribution is 2.34. The smallest absolute Gasteiger partial charge is 0.241 e. The van der Waals surface area contributed by atoms with E-state index in [-0.39, 0.29) is 0 Å². The zero-order valence-electron chi connectivity index (χ0n) is 16.8. The molecule has 0 spiro atoms. The lowest BCUT2D eigenvalue weighted by atomic mass is 9.88. The Morgan fingerprint density at radius 1 is 0.793 bits per heavy atom. The van der Waals surface area contributed by atoms with Crippen molar-refractivity contribution in [2.45, 2.75) is 26.2 Å². The van der Waals surface area contributed by atoms with Gasteiger partial charge in [0.1, 0.15) is 0 Å². The van der Waals surface area contributed by atoms with E-state index in [9.17, 15) is 4.79 Å². The number of carbonyl (C=O) groups is 1. The van der Waals surface area contributed by atoms with Gasteiger partial charge in [-0.15, -0.1) is 0 Å². The minimum absolute atomic E-state index is 0.397. The van der Waals surface area contributed by atoms with Gasteiger partial charge in [-0.05, 0) is 58.7 Å². The van der Waals surface area contributed by atoms with Gasteiger partial charge in [0.05, 0.1) is 0 Å². The summed E-state index contributed by atoms with van der Waals surface area (Å²) in [6, 6.07) is 30.0. The summed E-state index contributed by atoms with van der Waals surface area (Å²) in [4.78, 5) is 10.8. The summed E-state index contributed by atoms with van der Waals surface area (Å²) in [5.74, 6) is -0.397. The van der Waals surface area contributed by atoms with Crippen LogP contribution in [0.1, 0.15) is 42.0 Å². The highest BCUT2D eigenvalue weighted by Gasteiger charge is 2.12. The molecule has 2 nitrogen and oxygen atoms in total. The van der Waals surface area contributed by atoms with Crippen molar-refractivity contribution in [2.24, 2.45) is 5.73 Å². The van der Waals surface area contributed by atoms with Crippen molar-refractivity contribution in [1.29, 1.82) is 0 Å². The van der Waals surface area contributed by atoms with E-state index in [0.29, 0.717) is 0 Å². The summed E-state index contributed by atoms with van der Waals surface area (Å²) in [5, 5.41) is 0. The van der Waals surface area contributed by atoms with Crippen molar-refractivity contribution >= 4 is 17.1 Å². The molecule has 2 N–H and O–H groups in total. The van der Waals surface area contributed by atoms with Crippen LogP contribution < -0.4 is 5.73 Å². The van der Waals surface area contributed by atoms with Gasteiger partial charge in [0, 0.05) is 0 Å². The Morgan fingerprint density at radius 3 is 1.90 bits per heavy atom. The Kier molecular flexibility index (Phi) is 7.18. The van der Waals surface area contributed by atoms with Crippen LogP contribution in [0.15, 0.2) is 97.1 Å². The van der Waals surface area contributed by atoms with Gasteiger partial charge < -0.3 is 5.73 Å². The first-order valence-electron chi connectivity index (χ1n) is 10.1. The highest BCUT2D eigenvalue weighted by molar-refractivity contribution is 5.98. The number of benzene rings is 3. The average Bonchev–Trinajstić information content (AvgIpc) is 2.76. The third-order valence-corrected chi connectivity index (χ3v) is 4.96. The number of amides is 1. The van der Waals surface area contributed by atoms with Gasteiger partial charge in [0.2, 0.25) is 5.91 Å². The molecule has 3 rings (SSSR count). The van der Waals surface area contributed by atoms with Crippen LogP contribution >= 0.6 is 0 Å². The Balaban J connectivity index is 1.97. The van der Waals surface area contributed by atoms with E-state index in [1.807, 2.05) is 6.08 Å². The first-order valence-corrected chi connectivity index (χ1v) is 10.1. The maximum absolute atomic E-state index is 10.8. The number of hydrogen-bond acceptors (Lipinski definition) is 1. The first-order chi connectivity index (χ1) is 14.2. The van der Waals surface area contributed by atoms with E-state index in [4.69, 9.17) is 5.73 Å². The van der Waals surface area contributed by atoms with Crippen LogP contribution in [0.2, 0.25) is 0 Å². The molecule has 146 valence electrons. The second kappa shape index (κ2) is 10.2. The van der Waals surface area contributed by atoms with E-state index >= 15 is 0 Å². The van der Waals surface area contributed by atoms with Crippen LogP contribution in [0, 0.1) is 0 Å². The molecule has 2 heteroatoms. The Hall–Kier alpha value is -3.39. The third kappa shape index (κ3) is 5.55. The van der Waals surface area contributed by atoms with Crippen molar-refractivity contribution < 1.29 is 4.79 Å². The molecular weight excluding hydrogens is 354 g/mol. The van der Waals surface area contributed by atoms with Crippen molar-refractivity contribution in [3.05, 3.63) is 119 Å². The summed E-state index contributed by atoms with van der Waals surface area (Å²) < 4.78 is 0. The van der Waals surface area contributed by atoms with E-state index in [1.54, 1.807) is 0 Å². The minimum Gasteiger partial charge on any atom is -0.366 e. The maximum Gasteiger partial charge on any atom is 0.241 e. The summed E-state index contributed by atoms with van der Waals surface area (Å²) in [5.41, 5.74) is 12.7. The molecule has 0 aromatic heterocycles. The van der Waals surface area contributed by atoms with E-state index in [2.05, 4.69) is 91.9 Å². The van der Waals surface area contributed by atoms with Crippen LogP contribution in [0.3, 0.4) is 0 Å². The molecular formula is C27H27NO. The number of aryl methyl sites for hydroxylation is 1. The lowest BCUT2D eigenvalue weighted by molar-refractivity contribution is -0.113. The second-order valence-corrected chi connectivity index (χ2v) is 6.98. The molecule has 0 atom stereocenters. The average molecular weight is 382 g/mol. The Labute approximate surface area is 173 Å². The molecule has 0 aliphatic carbocycles. The van der Waals surface area contributed by atoms with Gasteiger partial charge in [0.25, 0.3) is 0 Å². The van der Waals surface area contributed by atoms with Crippen molar-refractivity contribution in [3.63, 3.8) is 0 Å². The zero-order chi connectivity index (χ0) is 20.5. The Bertz CT molecular complexity index is 984. The SMILES string of the molecule is CCC(=C(c1ccccc1)c1ccc(CCC=CC(N)=O)cc1)c1ccccc1. The fourth-order valence-electron chi connectivity index (χ4n) is 3.57. The Morgan fingerprint density at radius 2 is 1.34 bits per heavy atom. The molecule has 29 heavy (non-hydrogen) atoms. The maximum atomic E-state index is 10.8. The van der Waals surface area contributed by atoms with E-state index in [0.717, 1.165) is 19.3 Å². The van der Waals surface area contributed by atoms with Crippen LogP contribution in [0.4, 0.5) is 0 Å². The molecule has 1 amide bonds. The van der Waals surface area contributed by atoms with Gasteiger partial charge in [-0.25, -0.2) is 0 Å². The zero-order valence-corrected chi connectivity index (χ0v) is 16.8. The standard InChI is InChI=1S/C27H27NO/c1-2-25(22-12-5-3-6-13-22)27(23-14-7-4-8-15-23)24-19-17-21(18-20-24)11-9-10-16-26(28)29/h3-8,10,12-20H,2,9,11H2,1H3,(H2,28,29). The molecule has 0 aliphatic rings. The van der Waals surface area contributed by atoms with Crippen molar-refractivity contribution in [3.8, 4) is 0 Å². The molecule has 0 bridgehead atoms. The number of rotatable bonds is 8. The van der Waals surface area contributed by atoms with Gasteiger partial charge in [0.15, 0.2) is 0 Å². The summed E-state index contributed by atoms with van der Waals surface area (Å²) in [6.07, 6.45) is 5.89. The fourth-order valence-corrected chi connectivity index (χ4v) is 3.57. The lowest BCUT2D eigenvalue weighted by Crippen LogP contribution is -2.05. The third-order valence-electron chi connectivity index (χ3n) is 4.96. The van der Waals surface area contributed by atoms with E-state index in [1.165, 1.54) is 39.5 Å². The predicted molar refractivity (Wildman–Crippen MR) is 122 cm³/mol. The van der Waals surface area contributed by atoms with E-state index < -0.39 is 5.91 Å². The lowest BCUT2D eigenvalue weighted by Gasteiger charge is -2.16. The highest BCUT2D eigenvalue weighted by atomic mass is 16.1. The molecule has 0 unspecified atom stereocenters. The fraction of sp³-hybridized carbons (Fsp3) is 0.148. The number of allylic oxidation sites excluding steroid dienone is 2. The number of primary amides is 1. The van der Waals surface area contributed by atoms with Crippen LogP contribution in [-0.4, -0.2) is 5.91 Å². The quantitative estimate of drug-likeness (QED) is 0.376. The van der Waals surface area contributed by atoms with Crippen LogP contribution in [-0.2, 0) is 11.2 Å². The van der Waals surface area contributed by atoms with Gasteiger partial charge in [-0.3, -0.25) is 4.79 Å². The molecule has 3 aromatic rings. The first kappa shape index (κ1) is 20.3. The summed E-state index contributed by atoms with van der Waals surface area (Å²) >= 11 is 0. The summed E-state index contributed by atoms with van der Waals surface area (Å²) in [7, 11) is 0. The van der Waals surface area contributed by atoms with Crippen molar-refractivity contribution in [1.82, 2.24) is 0 Å². The topological polar surface area (TPSA) is 43.1 Å².